The molecule has 0 aliphatic carbocycles. The van der Waals surface area contributed by atoms with Gasteiger partial charge in [-0.25, -0.2) is 18.5 Å². The molecule has 1 atom stereocenters. The van der Waals surface area contributed by atoms with E-state index in [0.717, 1.165) is 21.3 Å². The van der Waals surface area contributed by atoms with Gasteiger partial charge >= 0.3 is 0 Å². The number of primary sulfonamides is 1. The summed E-state index contributed by atoms with van der Waals surface area (Å²) in [6.07, 6.45) is 0.0832. The molecule has 31 heavy (non-hydrogen) atoms. The Hall–Kier alpha value is -3.09. The van der Waals surface area contributed by atoms with Crippen molar-refractivity contribution in [2.75, 3.05) is 18.9 Å². The molecule has 1 amide bonds. The quantitative estimate of drug-likeness (QED) is 0.385. The van der Waals surface area contributed by atoms with Crippen molar-refractivity contribution in [3.8, 4) is 0 Å². The number of aromatic nitrogens is 1. The van der Waals surface area contributed by atoms with Gasteiger partial charge in [0.2, 0.25) is 15.9 Å². The zero-order valence-electron chi connectivity index (χ0n) is 16.8. The number of thiazole rings is 1. The number of carbonyl (C=O) groups excluding carboxylic acids is 1. The summed E-state index contributed by atoms with van der Waals surface area (Å²) < 4.78 is 23.9. The predicted molar refractivity (Wildman–Crippen MR) is 118 cm³/mol. The third-order valence-electron chi connectivity index (χ3n) is 4.79. The van der Waals surface area contributed by atoms with E-state index in [9.17, 15) is 23.3 Å². The van der Waals surface area contributed by atoms with Gasteiger partial charge in [-0.1, -0.05) is 12.1 Å². The molecule has 0 bridgehead atoms. The maximum Gasteiger partial charge on any atom is 0.293 e. The molecule has 1 aromatic heterocycles. The third-order valence-corrected chi connectivity index (χ3v) is 6.91. The minimum absolute atomic E-state index is 0.0832. The Labute approximate surface area is 182 Å². The summed E-state index contributed by atoms with van der Waals surface area (Å²) in [4.78, 5) is 29.0. The number of fused-ring (bicyclic) bond motifs is 1. The van der Waals surface area contributed by atoms with E-state index < -0.39 is 20.6 Å². The molecule has 0 radical (unpaired) electrons. The SMILES string of the molecule is CC(c1nc2ccccc2s1)N(C)C(=O)CCNc1ccc(S(N)(=O)=O)cc1[N+](=O)[O-]. The van der Waals surface area contributed by atoms with E-state index in [1.165, 1.54) is 23.5 Å². The van der Waals surface area contributed by atoms with E-state index in [4.69, 9.17) is 5.14 Å². The van der Waals surface area contributed by atoms with Crippen molar-refractivity contribution in [2.24, 2.45) is 5.14 Å². The summed E-state index contributed by atoms with van der Waals surface area (Å²) >= 11 is 1.53. The highest BCUT2D eigenvalue weighted by Crippen LogP contribution is 2.29. The second-order valence-electron chi connectivity index (χ2n) is 6.86. The summed E-state index contributed by atoms with van der Waals surface area (Å²) in [6, 6.07) is 10.8. The lowest BCUT2D eigenvalue weighted by Crippen LogP contribution is -2.30. The average Bonchev–Trinajstić information content (AvgIpc) is 3.16. The van der Waals surface area contributed by atoms with Crippen LogP contribution in [0.2, 0.25) is 0 Å². The van der Waals surface area contributed by atoms with Gasteiger partial charge in [0.05, 0.1) is 26.1 Å². The first-order chi connectivity index (χ1) is 14.6. The molecular formula is C19H21N5O5S2. The minimum atomic E-state index is -4.06. The van der Waals surface area contributed by atoms with Crippen LogP contribution >= 0.6 is 11.3 Å². The first kappa shape index (κ1) is 22.6. The van der Waals surface area contributed by atoms with Gasteiger partial charge in [-0.15, -0.1) is 11.3 Å². The summed E-state index contributed by atoms with van der Waals surface area (Å²) in [6.45, 7) is 2.02. The number of nitrogens with two attached hydrogens (primary N) is 1. The van der Waals surface area contributed by atoms with Crippen LogP contribution in [0.1, 0.15) is 24.4 Å². The predicted octanol–water partition coefficient (Wildman–Crippen LogP) is 2.87. The highest BCUT2D eigenvalue weighted by Gasteiger charge is 2.22. The minimum Gasteiger partial charge on any atom is -0.379 e. The van der Waals surface area contributed by atoms with E-state index >= 15 is 0 Å². The van der Waals surface area contributed by atoms with Crippen molar-refractivity contribution in [1.29, 1.82) is 0 Å². The molecule has 3 rings (SSSR count). The van der Waals surface area contributed by atoms with Crippen LogP contribution < -0.4 is 10.5 Å². The van der Waals surface area contributed by atoms with Gasteiger partial charge in [0.15, 0.2) is 0 Å². The number of rotatable bonds is 8. The van der Waals surface area contributed by atoms with E-state index in [1.807, 2.05) is 31.2 Å². The molecule has 3 N–H and O–H groups in total. The number of hydrogen-bond donors (Lipinski definition) is 2. The molecule has 1 heterocycles. The second-order valence-corrected chi connectivity index (χ2v) is 9.48. The van der Waals surface area contributed by atoms with E-state index in [1.54, 1.807) is 11.9 Å². The molecule has 1 unspecified atom stereocenters. The van der Waals surface area contributed by atoms with E-state index in [0.29, 0.717) is 0 Å². The first-order valence-corrected chi connectivity index (χ1v) is 11.6. The van der Waals surface area contributed by atoms with Gasteiger partial charge in [0, 0.05) is 26.1 Å². The van der Waals surface area contributed by atoms with Crippen molar-refractivity contribution < 1.29 is 18.1 Å². The normalized spacial score (nSPS) is 12.5. The molecule has 0 saturated carbocycles. The Kier molecular flexibility index (Phi) is 6.53. The summed E-state index contributed by atoms with van der Waals surface area (Å²) in [7, 11) is -2.38. The summed E-state index contributed by atoms with van der Waals surface area (Å²) in [5.41, 5.74) is 0.550. The number of carbonyl (C=O) groups is 1. The van der Waals surface area contributed by atoms with Gasteiger partial charge in [-0.3, -0.25) is 14.9 Å². The lowest BCUT2D eigenvalue weighted by molar-refractivity contribution is -0.384. The molecule has 0 fully saturated rings. The Morgan fingerprint density at radius 3 is 2.68 bits per heavy atom. The third kappa shape index (κ3) is 5.16. The van der Waals surface area contributed by atoms with Crippen LogP contribution in [0.5, 0.6) is 0 Å². The number of nitrogens with one attached hydrogen (secondary N) is 1. The maximum atomic E-state index is 12.6. The van der Waals surface area contributed by atoms with E-state index in [2.05, 4.69) is 10.3 Å². The van der Waals surface area contributed by atoms with Gasteiger partial charge in [-0.05, 0) is 31.2 Å². The monoisotopic (exact) mass is 463 g/mol. The van der Waals surface area contributed by atoms with Gasteiger partial charge < -0.3 is 10.2 Å². The van der Waals surface area contributed by atoms with Crippen LogP contribution in [0.3, 0.4) is 0 Å². The number of anilines is 1. The van der Waals surface area contributed by atoms with Crippen LogP contribution in [0.15, 0.2) is 47.4 Å². The van der Waals surface area contributed by atoms with Gasteiger partial charge in [-0.2, -0.15) is 0 Å². The van der Waals surface area contributed by atoms with Crippen molar-refractivity contribution >= 4 is 48.9 Å². The Morgan fingerprint density at radius 2 is 2.03 bits per heavy atom. The second kappa shape index (κ2) is 8.96. The summed E-state index contributed by atoms with van der Waals surface area (Å²) in [5.74, 6) is -0.164. The van der Waals surface area contributed by atoms with Crippen molar-refractivity contribution in [3.63, 3.8) is 0 Å². The lowest BCUT2D eigenvalue weighted by Gasteiger charge is -2.23. The number of sulfonamides is 1. The smallest absolute Gasteiger partial charge is 0.293 e. The lowest BCUT2D eigenvalue weighted by atomic mass is 10.2. The molecule has 3 aromatic rings. The topological polar surface area (TPSA) is 149 Å². The molecule has 164 valence electrons. The van der Waals surface area contributed by atoms with Gasteiger partial charge in [0.1, 0.15) is 10.7 Å². The number of nitro groups is 1. The van der Waals surface area contributed by atoms with Crippen LogP contribution in [-0.2, 0) is 14.8 Å². The largest absolute Gasteiger partial charge is 0.379 e. The molecule has 0 spiro atoms. The Balaban J connectivity index is 1.64. The maximum absolute atomic E-state index is 12.6. The van der Waals surface area contributed by atoms with Crippen molar-refractivity contribution in [1.82, 2.24) is 9.88 Å². The Morgan fingerprint density at radius 1 is 1.32 bits per heavy atom. The average molecular weight is 464 g/mol. The van der Waals surface area contributed by atoms with E-state index in [-0.39, 0.29) is 35.5 Å². The number of benzene rings is 2. The molecule has 12 heteroatoms. The standard InChI is InChI=1S/C19H21N5O5S2/c1-12(19-22-15-5-3-4-6-17(15)30-19)23(2)18(25)9-10-21-14-8-7-13(31(20,28)29)11-16(14)24(26)27/h3-8,11-12,21H,9-10H2,1-2H3,(H2,20,28,29). The molecule has 0 aliphatic rings. The fourth-order valence-electron chi connectivity index (χ4n) is 2.92. The first-order valence-electron chi connectivity index (χ1n) is 9.24. The zero-order chi connectivity index (χ0) is 22.8. The van der Waals surface area contributed by atoms with Crippen molar-refractivity contribution in [2.45, 2.75) is 24.3 Å². The molecule has 10 nitrogen and oxygen atoms in total. The fourth-order valence-corrected chi connectivity index (χ4v) is 4.52. The highest BCUT2D eigenvalue weighted by molar-refractivity contribution is 7.89. The summed E-state index contributed by atoms with van der Waals surface area (Å²) in [5, 5.41) is 19.9. The molecule has 0 saturated heterocycles. The van der Waals surface area contributed by atoms with Crippen molar-refractivity contribution in [3.05, 3.63) is 57.6 Å². The zero-order valence-corrected chi connectivity index (χ0v) is 18.4. The van der Waals surface area contributed by atoms with Crippen LogP contribution in [-0.4, -0.2) is 42.7 Å². The Bertz CT molecular complexity index is 1210. The van der Waals surface area contributed by atoms with Crippen LogP contribution in [0.25, 0.3) is 10.2 Å². The molecule has 0 aliphatic heterocycles. The number of para-hydroxylation sites is 1. The van der Waals surface area contributed by atoms with Crippen LogP contribution in [0, 0.1) is 10.1 Å². The molecule has 2 aromatic carbocycles. The fraction of sp³-hybridized carbons (Fsp3) is 0.263. The number of amides is 1. The number of nitro benzene ring substituents is 1. The molecular weight excluding hydrogens is 442 g/mol. The number of hydrogen-bond acceptors (Lipinski definition) is 8. The highest BCUT2D eigenvalue weighted by atomic mass is 32.2. The van der Waals surface area contributed by atoms with Gasteiger partial charge in [0.25, 0.3) is 5.69 Å². The van der Waals surface area contributed by atoms with Crippen LogP contribution in [0.4, 0.5) is 11.4 Å². The number of nitrogens with zero attached hydrogens (tertiary/aromatic N) is 3.